The van der Waals surface area contributed by atoms with Crippen molar-refractivity contribution in [3.63, 3.8) is 0 Å². The molecule has 2 fully saturated rings. The summed E-state index contributed by atoms with van der Waals surface area (Å²) in [6.07, 6.45) is 2.49. The molecule has 3 rings (SSSR count). The zero-order valence-corrected chi connectivity index (χ0v) is 15.2. The number of piperidine rings is 2. The Morgan fingerprint density at radius 1 is 1.00 bits per heavy atom. The summed E-state index contributed by atoms with van der Waals surface area (Å²) in [5.74, 6) is 3.88. The second kappa shape index (κ2) is 10.3. The van der Waals surface area contributed by atoms with Crippen LogP contribution in [-0.2, 0) is 25.7 Å². The van der Waals surface area contributed by atoms with Gasteiger partial charge in [0.15, 0.2) is 0 Å². The molecule has 0 spiro atoms. The van der Waals surface area contributed by atoms with E-state index < -0.39 is 6.04 Å². The number of amides is 5. The van der Waals surface area contributed by atoms with Gasteiger partial charge < -0.3 is 5.32 Å². The maximum Gasteiger partial charge on any atom is 0.265 e. The van der Waals surface area contributed by atoms with Crippen molar-refractivity contribution in [2.24, 2.45) is 5.84 Å². The third kappa shape index (κ3) is 6.25. The van der Waals surface area contributed by atoms with E-state index in [1.165, 1.54) is 0 Å². The monoisotopic (exact) mass is 389 g/mol. The van der Waals surface area contributed by atoms with Gasteiger partial charge in [0.1, 0.15) is 0 Å². The van der Waals surface area contributed by atoms with Crippen LogP contribution in [0, 0.1) is 0 Å². The maximum absolute atomic E-state index is 11.6. The first-order valence-corrected chi connectivity index (χ1v) is 8.89. The molecule has 2 saturated heterocycles. The number of hydrazine groups is 1. The summed E-state index contributed by atoms with van der Waals surface area (Å²) in [5.41, 5.74) is 3.27. The minimum Gasteiger partial charge on any atom is -0.302 e. The lowest BCUT2D eigenvalue weighted by molar-refractivity contribution is -0.135. The number of hydrogen-bond donors (Lipinski definition) is 5. The molecule has 0 bridgehead atoms. The molecule has 10 heteroatoms. The van der Waals surface area contributed by atoms with E-state index in [0.29, 0.717) is 44.2 Å². The van der Waals surface area contributed by atoms with Gasteiger partial charge in [0.05, 0.1) is 6.04 Å². The van der Waals surface area contributed by atoms with Gasteiger partial charge in [-0.1, -0.05) is 18.2 Å². The first-order valence-electron chi connectivity index (χ1n) is 8.89. The van der Waals surface area contributed by atoms with E-state index in [0.717, 1.165) is 5.56 Å². The molecule has 1 atom stereocenters. The average molecular weight is 389 g/mol. The van der Waals surface area contributed by atoms with Crippen LogP contribution in [0.2, 0.25) is 0 Å². The number of nitrogen functional groups attached to an aromatic ring is 1. The van der Waals surface area contributed by atoms with Crippen LogP contribution in [0.15, 0.2) is 24.3 Å². The number of rotatable bonds is 4. The van der Waals surface area contributed by atoms with Crippen LogP contribution in [0.3, 0.4) is 0 Å². The molecule has 5 amide bonds. The van der Waals surface area contributed by atoms with E-state index in [-0.39, 0.29) is 29.5 Å². The summed E-state index contributed by atoms with van der Waals surface area (Å²) in [4.78, 5) is 54.9. The van der Waals surface area contributed by atoms with E-state index in [4.69, 9.17) is 5.84 Å². The smallest absolute Gasteiger partial charge is 0.265 e. The highest BCUT2D eigenvalue weighted by Gasteiger charge is 2.26. The first-order chi connectivity index (χ1) is 13.4. The van der Waals surface area contributed by atoms with Crippen molar-refractivity contribution in [3.8, 4) is 0 Å². The third-order valence-corrected chi connectivity index (χ3v) is 4.26. The number of hydrogen-bond acceptors (Lipinski definition) is 7. The number of benzene rings is 1. The lowest BCUT2D eigenvalue weighted by atomic mass is 10.0. The highest BCUT2D eigenvalue weighted by molar-refractivity contribution is 6.00. The molecule has 1 aromatic rings. The summed E-state index contributed by atoms with van der Waals surface area (Å²) in [6.45, 7) is 0.343. The molecule has 6 N–H and O–H groups in total. The highest BCUT2D eigenvalue weighted by Crippen LogP contribution is 2.10. The second-order valence-corrected chi connectivity index (χ2v) is 6.34. The maximum atomic E-state index is 11.6. The number of carbonyl (C=O) groups excluding carboxylic acids is 5. The van der Waals surface area contributed by atoms with Gasteiger partial charge in [-0.2, -0.15) is 0 Å². The Balaban J connectivity index is 0.000000292. The van der Waals surface area contributed by atoms with E-state index in [9.17, 15) is 24.0 Å². The third-order valence-electron chi connectivity index (χ3n) is 4.26. The SMILES string of the molecule is NNC(=O)c1ccccc1CN[C@H]1CCC(=O)NC1=O.O=C1CCCC(=O)N1. The number of nitrogens with one attached hydrogen (secondary N) is 4. The van der Waals surface area contributed by atoms with E-state index in [1.54, 1.807) is 24.3 Å². The lowest BCUT2D eigenvalue weighted by Crippen LogP contribution is -2.50. The van der Waals surface area contributed by atoms with Crippen LogP contribution < -0.4 is 27.2 Å². The normalized spacial score (nSPS) is 19.1. The predicted molar refractivity (Wildman–Crippen MR) is 98.1 cm³/mol. The summed E-state index contributed by atoms with van der Waals surface area (Å²) in [7, 11) is 0. The quantitative estimate of drug-likeness (QED) is 0.191. The van der Waals surface area contributed by atoms with E-state index in [2.05, 4.69) is 21.4 Å². The summed E-state index contributed by atoms with van der Waals surface area (Å²) >= 11 is 0. The van der Waals surface area contributed by atoms with Gasteiger partial charge in [-0.25, -0.2) is 5.84 Å². The minimum atomic E-state index is -0.429. The fraction of sp³-hybridized carbons (Fsp3) is 0.389. The van der Waals surface area contributed by atoms with Crippen LogP contribution in [0.1, 0.15) is 48.0 Å². The molecule has 10 nitrogen and oxygen atoms in total. The Morgan fingerprint density at radius 2 is 1.64 bits per heavy atom. The Morgan fingerprint density at radius 3 is 2.21 bits per heavy atom. The molecule has 0 aromatic heterocycles. The molecule has 0 saturated carbocycles. The molecular formula is C18H23N5O5. The molecule has 1 aromatic carbocycles. The average Bonchev–Trinajstić information content (AvgIpc) is 2.67. The van der Waals surface area contributed by atoms with Gasteiger partial charge in [0, 0.05) is 31.4 Å². The van der Waals surface area contributed by atoms with Gasteiger partial charge in [-0.05, 0) is 24.5 Å². The Labute approximate surface area is 161 Å². The molecule has 2 heterocycles. The van der Waals surface area contributed by atoms with Crippen LogP contribution in [0.5, 0.6) is 0 Å². The van der Waals surface area contributed by atoms with Gasteiger partial charge in [-0.15, -0.1) is 0 Å². The second-order valence-electron chi connectivity index (χ2n) is 6.34. The first kappa shape index (κ1) is 21.2. The van der Waals surface area contributed by atoms with Crippen molar-refractivity contribution >= 4 is 29.5 Å². The predicted octanol–water partition coefficient (Wildman–Crippen LogP) is -1.00. The highest BCUT2D eigenvalue weighted by atomic mass is 16.2. The summed E-state index contributed by atoms with van der Waals surface area (Å²) in [6, 6.07) is 6.55. The summed E-state index contributed by atoms with van der Waals surface area (Å²) in [5, 5.41) is 7.52. The van der Waals surface area contributed by atoms with Crippen molar-refractivity contribution in [1.29, 1.82) is 0 Å². The molecular weight excluding hydrogens is 366 g/mol. The van der Waals surface area contributed by atoms with Crippen LogP contribution in [-0.4, -0.2) is 35.6 Å². The topological polar surface area (TPSA) is 159 Å². The van der Waals surface area contributed by atoms with Crippen LogP contribution >= 0.6 is 0 Å². The van der Waals surface area contributed by atoms with Gasteiger partial charge in [0.2, 0.25) is 23.6 Å². The molecule has 0 radical (unpaired) electrons. The van der Waals surface area contributed by atoms with Crippen molar-refractivity contribution in [1.82, 2.24) is 21.4 Å². The molecule has 2 aliphatic heterocycles. The fourth-order valence-corrected chi connectivity index (χ4v) is 2.79. The van der Waals surface area contributed by atoms with Gasteiger partial charge in [-0.3, -0.25) is 40.0 Å². The number of nitrogens with two attached hydrogens (primary N) is 1. The number of carbonyl (C=O) groups is 5. The largest absolute Gasteiger partial charge is 0.302 e. The minimum absolute atomic E-state index is 0.138. The van der Waals surface area contributed by atoms with Crippen LogP contribution in [0.25, 0.3) is 0 Å². The van der Waals surface area contributed by atoms with Gasteiger partial charge >= 0.3 is 0 Å². The van der Waals surface area contributed by atoms with Crippen molar-refractivity contribution in [2.45, 2.75) is 44.7 Å². The zero-order chi connectivity index (χ0) is 20.5. The summed E-state index contributed by atoms with van der Waals surface area (Å²) < 4.78 is 0. The van der Waals surface area contributed by atoms with E-state index in [1.807, 2.05) is 0 Å². The van der Waals surface area contributed by atoms with Gasteiger partial charge in [0.25, 0.3) is 5.91 Å². The van der Waals surface area contributed by atoms with Crippen molar-refractivity contribution < 1.29 is 24.0 Å². The molecule has 2 aliphatic rings. The van der Waals surface area contributed by atoms with Crippen molar-refractivity contribution in [2.75, 3.05) is 0 Å². The fourth-order valence-electron chi connectivity index (χ4n) is 2.79. The number of imide groups is 2. The Hall–Kier alpha value is -3.11. The molecule has 28 heavy (non-hydrogen) atoms. The van der Waals surface area contributed by atoms with Crippen molar-refractivity contribution in [3.05, 3.63) is 35.4 Å². The Kier molecular flexibility index (Phi) is 7.78. The van der Waals surface area contributed by atoms with Crippen LogP contribution in [0.4, 0.5) is 0 Å². The Bertz CT molecular complexity index is 765. The lowest BCUT2D eigenvalue weighted by Gasteiger charge is -2.22. The standard InChI is InChI=1S/C13H16N4O3.C5H7NO2/c14-17-12(19)9-4-2-1-3-8(9)7-15-10-5-6-11(18)16-13(10)20;7-4-2-1-3-5(8)6-4/h1-4,10,15H,5-7,14H2,(H,17,19)(H,16,18,20);1-3H2,(H,6,7,8)/t10-;/m0./s1. The molecule has 0 aliphatic carbocycles. The molecule has 0 unspecified atom stereocenters. The zero-order valence-electron chi connectivity index (χ0n) is 15.2. The van der Waals surface area contributed by atoms with E-state index >= 15 is 0 Å². The molecule has 150 valence electrons.